The zero-order valence-electron chi connectivity index (χ0n) is 17.8. The number of nitrogens with zero attached hydrogens (tertiary/aromatic N) is 2. The Labute approximate surface area is 184 Å². The summed E-state index contributed by atoms with van der Waals surface area (Å²) < 4.78 is 7.10. The van der Waals surface area contributed by atoms with Gasteiger partial charge in [0.15, 0.2) is 5.16 Å². The number of nitrogens with one attached hydrogen (secondary N) is 1. The van der Waals surface area contributed by atoms with Gasteiger partial charge in [0.1, 0.15) is 4.83 Å². The lowest BCUT2D eigenvalue weighted by atomic mass is 10.2. The molecule has 0 fully saturated rings. The average Bonchev–Trinajstić information content (AvgIpc) is 3.00. The second-order valence-corrected chi connectivity index (χ2v) is 9.21. The molecule has 0 radical (unpaired) electrons. The van der Waals surface area contributed by atoms with Crippen molar-refractivity contribution in [3.05, 3.63) is 50.6 Å². The first-order valence-corrected chi connectivity index (χ1v) is 11.8. The summed E-state index contributed by atoms with van der Waals surface area (Å²) in [5.41, 5.74) is 2.84. The predicted molar refractivity (Wildman–Crippen MR) is 125 cm³/mol. The van der Waals surface area contributed by atoms with E-state index in [1.54, 1.807) is 4.57 Å². The van der Waals surface area contributed by atoms with Crippen LogP contribution in [-0.4, -0.2) is 34.4 Å². The van der Waals surface area contributed by atoms with Gasteiger partial charge in [0.05, 0.1) is 11.1 Å². The molecule has 6 nitrogen and oxygen atoms in total. The normalized spacial score (nSPS) is 11.2. The Hall–Kier alpha value is -2.16. The lowest BCUT2D eigenvalue weighted by molar-refractivity contribution is -0.113. The summed E-state index contributed by atoms with van der Waals surface area (Å²) in [4.78, 5) is 32.2. The SMILES string of the molecule is CCOCCCn1c(SCC(=O)Nc2ccc(C)cc2)nc2sc(C)c(C)c2c1=O. The van der Waals surface area contributed by atoms with E-state index in [0.29, 0.717) is 36.7 Å². The van der Waals surface area contributed by atoms with E-state index in [1.807, 2.05) is 52.0 Å². The van der Waals surface area contributed by atoms with Crippen LogP contribution in [0.4, 0.5) is 5.69 Å². The van der Waals surface area contributed by atoms with E-state index >= 15 is 0 Å². The van der Waals surface area contributed by atoms with E-state index in [2.05, 4.69) is 5.32 Å². The fraction of sp³-hybridized carbons (Fsp3) is 0.409. The number of anilines is 1. The second kappa shape index (κ2) is 10.2. The molecule has 1 aromatic carbocycles. The Morgan fingerprint density at radius 2 is 1.97 bits per heavy atom. The lowest BCUT2D eigenvalue weighted by Gasteiger charge is -2.12. The first kappa shape index (κ1) is 22.5. The molecule has 0 aliphatic carbocycles. The van der Waals surface area contributed by atoms with Gasteiger partial charge in [0.2, 0.25) is 5.91 Å². The second-order valence-electron chi connectivity index (χ2n) is 7.07. The number of fused-ring (bicyclic) bond motifs is 1. The Bertz CT molecular complexity index is 1090. The number of carbonyl (C=O) groups excluding carboxylic acids is 1. The van der Waals surface area contributed by atoms with E-state index in [1.165, 1.54) is 23.1 Å². The van der Waals surface area contributed by atoms with Gasteiger partial charge >= 0.3 is 0 Å². The Morgan fingerprint density at radius 1 is 1.23 bits per heavy atom. The molecule has 2 aromatic heterocycles. The number of ether oxygens (including phenoxy) is 1. The molecule has 3 rings (SSSR count). The van der Waals surface area contributed by atoms with Gasteiger partial charge < -0.3 is 10.1 Å². The summed E-state index contributed by atoms with van der Waals surface area (Å²) in [6.07, 6.45) is 0.715. The summed E-state index contributed by atoms with van der Waals surface area (Å²) in [6.45, 7) is 9.66. The van der Waals surface area contributed by atoms with E-state index in [0.717, 1.165) is 26.5 Å². The minimum atomic E-state index is -0.127. The molecule has 30 heavy (non-hydrogen) atoms. The van der Waals surface area contributed by atoms with Crippen LogP contribution >= 0.6 is 23.1 Å². The van der Waals surface area contributed by atoms with Crippen molar-refractivity contribution in [3.8, 4) is 0 Å². The van der Waals surface area contributed by atoms with Crippen LogP contribution in [0.3, 0.4) is 0 Å². The number of rotatable bonds is 9. The van der Waals surface area contributed by atoms with Crippen LogP contribution in [0.25, 0.3) is 10.2 Å². The molecule has 3 aromatic rings. The number of amides is 1. The van der Waals surface area contributed by atoms with E-state index in [-0.39, 0.29) is 17.2 Å². The largest absolute Gasteiger partial charge is 0.382 e. The molecule has 0 aliphatic rings. The van der Waals surface area contributed by atoms with Gasteiger partial charge in [0.25, 0.3) is 5.56 Å². The van der Waals surface area contributed by atoms with Crippen LogP contribution < -0.4 is 10.9 Å². The zero-order valence-corrected chi connectivity index (χ0v) is 19.4. The zero-order chi connectivity index (χ0) is 21.7. The molecule has 0 bridgehead atoms. The highest BCUT2D eigenvalue weighted by atomic mass is 32.2. The maximum Gasteiger partial charge on any atom is 0.263 e. The number of aromatic nitrogens is 2. The molecule has 0 aliphatic heterocycles. The predicted octanol–water partition coefficient (Wildman–Crippen LogP) is 4.54. The van der Waals surface area contributed by atoms with Crippen molar-refractivity contribution in [1.29, 1.82) is 0 Å². The maximum atomic E-state index is 13.2. The Balaban J connectivity index is 1.80. The van der Waals surface area contributed by atoms with Crippen LogP contribution in [-0.2, 0) is 16.1 Å². The van der Waals surface area contributed by atoms with Crippen LogP contribution in [0, 0.1) is 20.8 Å². The molecule has 160 valence electrons. The highest BCUT2D eigenvalue weighted by molar-refractivity contribution is 7.99. The van der Waals surface area contributed by atoms with Gasteiger partial charge in [0, 0.05) is 30.3 Å². The smallest absolute Gasteiger partial charge is 0.263 e. The first-order chi connectivity index (χ1) is 14.4. The maximum absolute atomic E-state index is 13.2. The summed E-state index contributed by atoms with van der Waals surface area (Å²) in [5, 5.41) is 4.15. The quantitative estimate of drug-likeness (QED) is 0.297. The Kier molecular flexibility index (Phi) is 7.69. The molecule has 0 saturated carbocycles. The van der Waals surface area contributed by atoms with Gasteiger partial charge in [-0.1, -0.05) is 29.5 Å². The van der Waals surface area contributed by atoms with Gasteiger partial charge in [-0.3, -0.25) is 14.2 Å². The highest BCUT2D eigenvalue weighted by Crippen LogP contribution is 2.28. The molecule has 0 atom stereocenters. The number of carbonyl (C=O) groups is 1. The fourth-order valence-electron chi connectivity index (χ4n) is 3.05. The van der Waals surface area contributed by atoms with Gasteiger partial charge in [-0.2, -0.15) is 0 Å². The van der Waals surface area contributed by atoms with Crippen LogP contribution in [0.5, 0.6) is 0 Å². The molecule has 0 spiro atoms. The minimum Gasteiger partial charge on any atom is -0.382 e. The van der Waals surface area contributed by atoms with E-state index in [9.17, 15) is 9.59 Å². The van der Waals surface area contributed by atoms with Crippen LogP contribution in [0.15, 0.2) is 34.2 Å². The van der Waals surface area contributed by atoms with Gasteiger partial charge in [-0.15, -0.1) is 11.3 Å². The molecule has 1 amide bonds. The van der Waals surface area contributed by atoms with Gasteiger partial charge in [-0.05, 0) is 51.8 Å². The lowest BCUT2D eigenvalue weighted by Crippen LogP contribution is -2.25. The van der Waals surface area contributed by atoms with E-state index < -0.39 is 0 Å². The van der Waals surface area contributed by atoms with Crippen molar-refractivity contribution in [2.75, 3.05) is 24.3 Å². The number of thioether (sulfide) groups is 1. The molecule has 2 heterocycles. The summed E-state index contributed by atoms with van der Waals surface area (Å²) in [6, 6.07) is 7.66. The third-order valence-electron chi connectivity index (χ3n) is 4.80. The fourth-order valence-corrected chi connectivity index (χ4v) is 4.94. The number of aryl methyl sites for hydroxylation is 3. The summed E-state index contributed by atoms with van der Waals surface area (Å²) in [5.74, 6) is 0.0540. The van der Waals surface area contributed by atoms with Crippen LogP contribution in [0.2, 0.25) is 0 Å². The highest BCUT2D eigenvalue weighted by Gasteiger charge is 2.17. The minimum absolute atomic E-state index is 0.0419. The van der Waals surface area contributed by atoms with Crippen molar-refractivity contribution in [2.45, 2.75) is 45.8 Å². The van der Waals surface area contributed by atoms with Crippen molar-refractivity contribution < 1.29 is 9.53 Å². The van der Waals surface area contributed by atoms with Crippen molar-refractivity contribution in [3.63, 3.8) is 0 Å². The molecule has 0 saturated heterocycles. The Morgan fingerprint density at radius 3 is 2.67 bits per heavy atom. The third kappa shape index (κ3) is 5.30. The molecular formula is C22H27N3O3S2. The number of hydrogen-bond donors (Lipinski definition) is 1. The van der Waals surface area contributed by atoms with Crippen molar-refractivity contribution in [1.82, 2.24) is 9.55 Å². The first-order valence-electron chi connectivity index (χ1n) is 9.98. The number of benzene rings is 1. The summed E-state index contributed by atoms with van der Waals surface area (Å²) >= 11 is 2.81. The summed E-state index contributed by atoms with van der Waals surface area (Å²) in [7, 11) is 0. The molecule has 0 unspecified atom stereocenters. The standard InChI is InChI=1S/C22H27N3O3S2/c1-5-28-12-6-11-25-21(27)19-15(3)16(4)30-20(19)24-22(25)29-13-18(26)23-17-9-7-14(2)8-10-17/h7-10H,5-6,11-13H2,1-4H3,(H,23,26). The molecule has 8 heteroatoms. The average molecular weight is 446 g/mol. The van der Waals surface area contributed by atoms with Crippen molar-refractivity contribution in [2.24, 2.45) is 0 Å². The third-order valence-corrected chi connectivity index (χ3v) is 6.87. The van der Waals surface area contributed by atoms with Crippen LogP contribution in [0.1, 0.15) is 29.3 Å². The van der Waals surface area contributed by atoms with E-state index in [4.69, 9.17) is 9.72 Å². The molecule has 1 N–H and O–H groups in total. The molecular weight excluding hydrogens is 418 g/mol. The number of hydrogen-bond acceptors (Lipinski definition) is 6. The monoisotopic (exact) mass is 445 g/mol. The topological polar surface area (TPSA) is 73.2 Å². The van der Waals surface area contributed by atoms with Crippen molar-refractivity contribution >= 4 is 44.9 Å². The number of thiophene rings is 1. The van der Waals surface area contributed by atoms with Gasteiger partial charge in [-0.25, -0.2) is 4.98 Å².